The van der Waals surface area contributed by atoms with Crippen molar-refractivity contribution in [2.75, 3.05) is 13.7 Å². The molecule has 1 aromatic carbocycles. The maximum atomic E-state index is 12.6. The van der Waals surface area contributed by atoms with Gasteiger partial charge in [-0.25, -0.2) is 4.79 Å². The lowest BCUT2D eigenvalue weighted by Crippen LogP contribution is -2.50. The number of methoxy groups -OCH3 is 1. The number of hydrogen-bond donors (Lipinski definition) is 2. The van der Waals surface area contributed by atoms with Gasteiger partial charge in [0.25, 0.3) is 0 Å². The third-order valence-corrected chi connectivity index (χ3v) is 8.50. The Kier molecular flexibility index (Phi) is 11.5. The van der Waals surface area contributed by atoms with Crippen LogP contribution in [-0.4, -0.2) is 84.9 Å². The molecule has 1 unspecified atom stereocenters. The number of hydrogen-bond acceptors (Lipinski definition) is 9. The van der Waals surface area contributed by atoms with Crippen molar-refractivity contribution in [3.05, 3.63) is 71.8 Å². The number of aliphatic hydroxyl groups excluding tert-OH is 1. The molecule has 44 heavy (non-hydrogen) atoms. The smallest absolute Gasteiger partial charge is 0.338 e. The fourth-order valence-electron chi connectivity index (χ4n) is 5.71. The summed E-state index contributed by atoms with van der Waals surface area (Å²) in [6, 6.07) is 8.57. The van der Waals surface area contributed by atoms with E-state index >= 15 is 0 Å². The molecule has 10 nitrogen and oxygen atoms in total. The summed E-state index contributed by atoms with van der Waals surface area (Å²) in [5.74, 6) is -0.860. The second-order valence-corrected chi connectivity index (χ2v) is 12.1. The molecule has 240 valence electrons. The van der Waals surface area contributed by atoms with Gasteiger partial charge in [0.05, 0.1) is 50.1 Å². The summed E-state index contributed by atoms with van der Waals surface area (Å²) in [7, 11) is 1.34. The predicted octanol–water partition coefficient (Wildman–Crippen LogP) is 3.83. The molecule has 0 radical (unpaired) electrons. The molecule has 0 bridgehead atoms. The van der Waals surface area contributed by atoms with Crippen molar-refractivity contribution in [1.29, 1.82) is 0 Å². The number of aliphatic hydroxyl groups is 1. The van der Waals surface area contributed by atoms with Crippen LogP contribution in [0.4, 0.5) is 0 Å². The van der Waals surface area contributed by atoms with Crippen LogP contribution in [0.3, 0.4) is 0 Å². The standard InChI is InChI=1S/C34H45NO9/c1-21(12-15-29-32(38)34(20-41-34)19-26(44-29)18-31(37)40-5)11-14-28-22(2)17-27(24(4)43-28)35-30(36)16-13-23(3)42-33(39)25-9-7-6-8-10-25/h6-13,15-16,22-24,26-29,32,38H,14,17-20H2,1-5H3,(H,35,36)/b15-12+,16-13?,21-11+/t22-,23?,24+,26+,27+,28-,29+,32+,34+/m0/s1. The summed E-state index contributed by atoms with van der Waals surface area (Å²) < 4.78 is 28.0. The molecule has 0 saturated carbocycles. The highest BCUT2D eigenvalue weighted by Gasteiger charge is 2.58. The zero-order valence-electron chi connectivity index (χ0n) is 26.1. The number of rotatable bonds is 11. The monoisotopic (exact) mass is 611 g/mol. The van der Waals surface area contributed by atoms with Gasteiger partial charge in [-0.05, 0) is 57.7 Å². The Morgan fingerprint density at radius 2 is 1.89 bits per heavy atom. The normalized spacial score (nSPS) is 32.9. The van der Waals surface area contributed by atoms with Crippen molar-refractivity contribution in [1.82, 2.24) is 5.32 Å². The molecule has 10 heteroatoms. The van der Waals surface area contributed by atoms with Crippen molar-refractivity contribution < 1.29 is 43.2 Å². The minimum atomic E-state index is -0.808. The number of nitrogens with one attached hydrogen (secondary N) is 1. The van der Waals surface area contributed by atoms with Gasteiger partial charge in [0.15, 0.2) is 0 Å². The lowest BCUT2D eigenvalue weighted by molar-refractivity contribution is -0.157. The minimum Gasteiger partial charge on any atom is -0.469 e. The minimum absolute atomic E-state index is 0.0152. The van der Waals surface area contributed by atoms with Crippen molar-refractivity contribution in [3.63, 3.8) is 0 Å². The predicted molar refractivity (Wildman–Crippen MR) is 163 cm³/mol. The Bertz CT molecular complexity index is 1240. The third-order valence-electron chi connectivity index (χ3n) is 8.50. The second kappa shape index (κ2) is 15.1. The number of esters is 2. The molecule has 0 aromatic heterocycles. The SMILES string of the molecule is COC(=O)C[C@@H]1C[C@@]2(CO2)[C@H](O)[C@@H](/C=C/C(C)=C/C[C@@H]2O[C@H](C)[C@H](NC(=O)C=CC(C)OC(=O)c3ccccc3)C[C@@H]2C)O1. The van der Waals surface area contributed by atoms with E-state index in [4.69, 9.17) is 23.7 Å². The fourth-order valence-corrected chi connectivity index (χ4v) is 5.71. The van der Waals surface area contributed by atoms with E-state index in [0.29, 0.717) is 25.0 Å². The molecular weight excluding hydrogens is 566 g/mol. The highest BCUT2D eigenvalue weighted by molar-refractivity contribution is 5.90. The van der Waals surface area contributed by atoms with Crippen LogP contribution >= 0.6 is 0 Å². The van der Waals surface area contributed by atoms with Crippen molar-refractivity contribution in [2.45, 2.75) is 102 Å². The van der Waals surface area contributed by atoms with E-state index in [0.717, 1.165) is 12.0 Å². The van der Waals surface area contributed by atoms with Crippen LogP contribution in [0.25, 0.3) is 0 Å². The molecule has 2 N–H and O–H groups in total. The summed E-state index contributed by atoms with van der Waals surface area (Å²) in [5, 5.41) is 13.8. The average molecular weight is 612 g/mol. The quantitative estimate of drug-likeness (QED) is 0.166. The number of carbonyl (C=O) groups excluding carboxylic acids is 3. The Morgan fingerprint density at radius 3 is 2.57 bits per heavy atom. The summed E-state index contributed by atoms with van der Waals surface area (Å²) >= 11 is 0. The second-order valence-electron chi connectivity index (χ2n) is 12.1. The first-order valence-electron chi connectivity index (χ1n) is 15.3. The van der Waals surface area contributed by atoms with Gasteiger partial charge in [-0.15, -0.1) is 0 Å². The van der Waals surface area contributed by atoms with Crippen LogP contribution in [0.5, 0.6) is 0 Å². The highest BCUT2D eigenvalue weighted by Crippen LogP contribution is 2.43. The molecule has 3 saturated heterocycles. The lowest BCUT2D eigenvalue weighted by atomic mass is 9.87. The topological polar surface area (TPSA) is 133 Å². The van der Waals surface area contributed by atoms with Gasteiger partial charge < -0.3 is 34.1 Å². The van der Waals surface area contributed by atoms with E-state index in [1.165, 1.54) is 13.2 Å². The van der Waals surface area contributed by atoms with Crippen LogP contribution in [0.15, 0.2) is 66.3 Å². The molecule has 1 aromatic rings. The largest absolute Gasteiger partial charge is 0.469 e. The summed E-state index contributed by atoms with van der Waals surface area (Å²) in [5.41, 5.74) is 0.798. The van der Waals surface area contributed by atoms with Crippen LogP contribution in [0.2, 0.25) is 0 Å². The fraction of sp³-hybridized carbons (Fsp3) is 0.559. The molecule has 3 aliphatic heterocycles. The number of amides is 1. The van der Waals surface area contributed by atoms with E-state index in [9.17, 15) is 19.5 Å². The molecule has 3 fully saturated rings. The first kappa shape index (κ1) is 33.6. The van der Waals surface area contributed by atoms with Gasteiger partial charge in [-0.3, -0.25) is 9.59 Å². The highest BCUT2D eigenvalue weighted by atomic mass is 16.6. The van der Waals surface area contributed by atoms with Gasteiger partial charge in [-0.2, -0.15) is 0 Å². The Labute approximate surface area is 259 Å². The van der Waals surface area contributed by atoms with Crippen molar-refractivity contribution in [2.24, 2.45) is 5.92 Å². The van der Waals surface area contributed by atoms with E-state index in [2.05, 4.69) is 18.3 Å². The summed E-state index contributed by atoms with van der Waals surface area (Å²) in [6.45, 7) is 8.20. The molecule has 0 aliphatic carbocycles. The van der Waals surface area contributed by atoms with Crippen LogP contribution in [0.1, 0.15) is 63.7 Å². The van der Waals surface area contributed by atoms with E-state index in [-0.39, 0.29) is 48.6 Å². The maximum absolute atomic E-state index is 12.6. The van der Waals surface area contributed by atoms with Crippen LogP contribution in [0, 0.1) is 5.92 Å². The molecule has 1 amide bonds. The molecule has 9 atom stereocenters. The number of epoxide rings is 1. The number of allylic oxidation sites excluding steroid dienone is 2. The number of carbonyl (C=O) groups is 3. The molecule has 3 aliphatic rings. The Morgan fingerprint density at radius 1 is 1.16 bits per heavy atom. The molecule has 1 spiro atoms. The van der Waals surface area contributed by atoms with E-state index in [1.807, 2.05) is 32.1 Å². The first-order chi connectivity index (χ1) is 21.0. The zero-order chi connectivity index (χ0) is 31.9. The maximum Gasteiger partial charge on any atom is 0.338 e. The van der Waals surface area contributed by atoms with Crippen LogP contribution in [-0.2, 0) is 33.3 Å². The third kappa shape index (κ3) is 9.11. The van der Waals surface area contributed by atoms with Gasteiger partial charge in [-0.1, -0.05) is 48.9 Å². The zero-order valence-corrected chi connectivity index (χ0v) is 26.1. The van der Waals surface area contributed by atoms with Crippen molar-refractivity contribution in [3.8, 4) is 0 Å². The Hall–Kier alpha value is -3.31. The van der Waals surface area contributed by atoms with Gasteiger partial charge in [0, 0.05) is 12.5 Å². The summed E-state index contributed by atoms with van der Waals surface area (Å²) in [4.78, 5) is 36.6. The first-order valence-corrected chi connectivity index (χ1v) is 15.3. The van der Waals surface area contributed by atoms with Gasteiger partial charge in [0.2, 0.25) is 5.91 Å². The molecule has 3 heterocycles. The summed E-state index contributed by atoms with van der Waals surface area (Å²) in [6.07, 6.45) is 8.27. The van der Waals surface area contributed by atoms with Gasteiger partial charge >= 0.3 is 11.9 Å². The van der Waals surface area contributed by atoms with Crippen LogP contribution < -0.4 is 5.32 Å². The average Bonchev–Trinajstić information content (AvgIpc) is 3.78. The number of ether oxygens (including phenoxy) is 5. The van der Waals surface area contributed by atoms with E-state index in [1.54, 1.807) is 37.3 Å². The molecular formula is C34H45NO9. The Balaban J connectivity index is 1.23. The lowest BCUT2D eigenvalue weighted by Gasteiger charge is -2.39. The molecule has 4 rings (SSSR count). The van der Waals surface area contributed by atoms with Gasteiger partial charge in [0.1, 0.15) is 23.9 Å². The van der Waals surface area contributed by atoms with E-state index < -0.39 is 29.9 Å². The van der Waals surface area contributed by atoms with Crippen molar-refractivity contribution >= 4 is 17.8 Å². The number of benzene rings is 1.